The van der Waals surface area contributed by atoms with E-state index in [9.17, 15) is 4.79 Å². The molecule has 2 rings (SSSR count). The van der Waals surface area contributed by atoms with Gasteiger partial charge in [-0.15, -0.1) is 0 Å². The third-order valence-corrected chi connectivity index (χ3v) is 3.16. The molecule has 0 fully saturated rings. The highest BCUT2D eigenvalue weighted by Crippen LogP contribution is 2.14. The van der Waals surface area contributed by atoms with Crippen molar-refractivity contribution < 1.29 is 9.53 Å². The molecular formula is C16H20N2O2. The van der Waals surface area contributed by atoms with Gasteiger partial charge >= 0.3 is 0 Å². The maximum Gasteiger partial charge on any atom is 0.279 e. The first-order valence-electron chi connectivity index (χ1n) is 6.66. The van der Waals surface area contributed by atoms with E-state index in [1.807, 2.05) is 57.2 Å². The van der Waals surface area contributed by atoms with Crippen molar-refractivity contribution in [2.24, 2.45) is 0 Å². The van der Waals surface area contributed by atoms with E-state index >= 15 is 0 Å². The van der Waals surface area contributed by atoms with Gasteiger partial charge in [0, 0.05) is 11.4 Å². The van der Waals surface area contributed by atoms with Gasteiger partial charge in [-0.25, -0.2) is 0 Å². The minimum Gasteiger partial charge on any atom is -0.481 e. The van der Waals surface area contributed by atoms with Crippen molar-refractivity contribution in [3.8, 4) is 5.75 Å². The number of nitrogens with one attached hydrogen (secondary N) is 1. The van der Waals surface area contributed by atoms with E-state index in [0.717, 1.165) is 17.0 Å². The second kappa shape index (κ2) is 5.82. The molecule has 0 aliphatic heterocycles. The van der Waals surface area contributed by atoms with Crippen LogP contribution in [0.25, 0.3) is 0 Å². The normalized spacial score (nSPS) is 12.0. The Morgan fingerprint density at radius 1 is 1.15 bits per heavy atom. The third kappa shape index (κ3) is 3.20. The second-order valence-electron chi connectivity index (χ2n) is 5.00. The minimum absolute atomic E-state index is 0.172. The lowest BCUT2D eigenvalue weighted by Gasteiger charge is -2.17. The van der Waals surface area contributed by atoms with E-state index in [1.165, 1.54) is 0 Å². The zero-order valence-electron chi connectivity index (χ0n) is 12.3. The summed E-state index contributed by atoms with van der Waals surface area (Å²) in [5.74, 6) is 0.530. The SMILES string of the molecule is Cc1cccc(OC(C)C(=O)Nn2c(C)ccc2C)c1. The third-order valence-electron chi connectivity index (χ3n) is 3.16. The monoisotopic (exact) mass is 272 g/mol. The molecular weight excluding hydrogens is 252 g/mol. The number of nitrogens with zero attached hydrogens (tertiary/aromatic N) is 1. The summed E-state index contributed by atoms with van der Waals surface area (Å²) < 4.78 is 7.42. The van der Waals surface area contributed by atoms with Crippen molar-refractivity contribution in [3.63, 3.8) is 0 Å². The standard InChI is InChI=1S/C16H20N2O2/c1-11-6-5-7-15(10-11)20-14(4)16(19)17-18-12(2)8-9-13(18)3/h5-10,14H,1-4H3,(H,17,19). The Labute approximate surface area is 119 Å². The molecule has 1 aromatic heterocycles. The van der Waals surface area contributed by atoms with Gasteiger partial charge in [0.1, 0.15) is 5.75 Å². The lowest BCUT2D eigenvalue weighted by Crippen LogP contribution is -2.35. The smallest absolute Gasteiger partial charge is 0.279 e. The predicted molar refractivity (Wildman–Crippen MR) is 79.5 cm³/mol. The van der Waals surface area contributed by atoms with Crippen molar-refractivity contribution in [1.29, 1.82) is 0 Å². The molecule has 106 valence electrons. The van der Waals surface area contributed by atoms with Gasteiger partial charge in [0.2, 0.25) is 0 Å². The highest BCUT2D eigenvalue weighted by atomic mass is 16.5. The molecule has 1 unspecified atom stereocenters. The van der Waals surface area contributed by atoms with Gasteiger partial charge < -0.3 is 4.74 Å². The first-order chi connectivity index (χ1) is 9.47. The van der Waals surface area contributed by atoms with Crippen LogP contribution in [0, 0.1) is 20.8 Å². The number of rotatable bonds is 4. The summed E-state index contributed by atoms with van der Waals surface area (Å²) in [6.45, 7) is 7.62. The molecule has 1 atom stereocenters. The fraction of sp³-hybridized carbons (Fsp3) is 0.312. The lowest BCUT2D eigenvalue weighted by molar-refractivity contribution is -0.123. The summed E-state index contributed by atoms with van der Waals surface area (Å²) in [4.78, 5) is 12.1. The Balaban J connectivity index is 2.02. The van der Waals surface area contributed by atoms with Crippen molar-refractivity contribution in [1.82, 2.24) is 4.68 Å². The minimum atomic E-state index is -0.557. The molecule has 0 saturated carbocycles. The molecule has 2 aromatic rings. The van der Waals surface area contributed by atoms with Gasteiger partial charge in [-0.05, 0) is 57.5 Å². The molecule has 1 aromatic carbocycles. The first kappa shape index (κ1) is 14.2. The molecule has 0 spiro atoms. The van der Waals surface area contributed by atoms with E-state index in [2.05, 4.69) is 5.43 Å². The number of carbonyl (C=O) groups excluding carboxylic acids is 1. The average Bonchev–Trinajstić information content (AvgIpc) is 2.70. The van der Waals surface area contributed by atoms with Crippen LogP contribution in [0.2, 0.25) is 0 Å². The van der Waals surface area contributed by atoms with Crippen molar-refractivity contribution in [2.45, 2.75) is 33.8 Å². The first-order valence-corrected chi connectivity index (χ1v) is 6.66. The fourth-order valence-electron chi connectivity index (χ4n) is 1.99. The van der Waals surface area contributed by atoms with E-state index in [4.69, 9.17) is 4.74 Å². The summed E-state index contributed by atoms with van der Waals surface area (Å²) in [5.41, 5.74) is 5.92. The highest BCUT2D eigenvalue weighted by molar-refractivity contribution is 5.88. The number of aryl methyl sites for hydroxylation is 3. The number of ether oxygens (including phenoxy) is 1. The molecule has 1 heterocycles. The van der Waals surface area contributed by atoms with E-state index in [-0.39, 0.29) is 5.91 Å². The van der Waals surface area contributed by atoms with Gasteiger partial charge in [-0.2, -0.15) is 0 Å². The highest BCUT2D eigenvalue weighted by Gasteiger charge is 2.16. The van der Waals surface area contributed by atoms with Crippen molar-refractivity contribution >= 4 is 5.91 Å². The largest absolute Gasteiger partial charge is 0.481 e. The van der Waals surface area contributed by atoms with Crippen LogP contribution >= 0.6 is 0 Å². The summed E-state index contributed by atoms with van der Waals surface area (Å²) in [6.07, 6.45) is -0.557. The summed E-state index contributed by atoms with van der Waals surface area (Å²) in [5, 5.41) is 0. The predicted octanol–water partition coefficient (Wildman–Crippen LogP) is 2.95. The van der Waals surface area contributed by atoms with Crippen molar-refractivity contribution in [3.05, 3.63) is 53.3 Å². The van der Waals surface area contributed by atoms with Crippen LogP contribution < -0.4 is 10.2 Å². The van der Waals surface area contributed by atoms with E-state index in [0.29, 0.717) is 5.75 Å². The van der Waals surface area contributed by atoms with Gasteiger partial charge in [-0.1, -0.05) is 12.1 Å². The van der Waals surface area contributed by atoms with Gasteiger partial charge in [-0.3, -0.25) is 14.9 Å². The van der Waals surface area contributed by atoms with Crippen LogP contribution in [0.3, 0.4) is 0 Å². The molecule has 20 heavy (non-hydrogen) atoms. The molecule has 0 aliphatic carbocycles. The van der Waals surface area contributed by atoms with Crippen molar-refractivity contribution in [2.75, 3.05) is 5.43 Å². The maximum atomic E-state index is 12.1. The molecule has 4 heteroatoms. The topological polar surface area (TPSA) is 43.3 Å². The Morgan fingerprint density at radius 3 is 2.40 bits per heavy atom. The summed E-state index contributed by atoms with van der Waals surface area (Å²) in [7, 11) is 0. The molecule has 4 nitrogen and oxygen atoms in total. The van der Waals surface area contributed by atoms with Crippen LogP contribution in [-0.2, 0) is 4.79 Å². The quantitative estimate of drug-likeness (QED) is 0.930. The molecule has 0 aliphatic rings. The van der Waals surface area contributed by atoms with Gasteiger partial charge in [0.25, 0.3) is 5.91 Å². The van der Waals surface area contributed by atoms with Crippen LogP contribution in [0.4, 0.5) is 0 Å². The molecule has 0 bridgehead atoms. The fourth-order valence-corrected chi connectivity index (χ4v) is 1.99. The number of hydrogen-bond acceptors (Lipinski definition) is 2. The van der Waals surface area contributed by atoms with Gasteiger partial charge in [0.05, 0.1) is 0 Å². The number of amides is 1. The Morgan fingerprint density at radius 2 is 1.80 bits per heavy atom. The lowest BCUT2D eigenvalue weighted by atomic mass is 10.2. The zero-order chi connectivity index (χ0) is 14.7. The van der Waals surface area contributed by atoms with Crippen LogP contribution in [-0.4, -0.2) is 16.7 Å². The summed E-state index contributed by atoms with van der Waals surface area (Å²) >= 11 is 0. The average molecular weight is 272 g/mol. The Bertz CT molecular complexity index is 597. The molecule has 0 radical (unpaired) electrons. The maximum absolute atomic E-state index is 12.1. The van der Waals surface area contributed by atoms with Crippen LogP contribution in [0.5, 0.6) is 5.75 Å². The summed E-state index contributed by atoms with van der Waals surface area (Å²) in [6, 6.07) is 11.6. The number of aromatic nitrogens is 1. The second-order valence-corrected chi connectivity index (χ2v) is 5.00. The number of benzene rings is 1. The van der Waals surface area contributed by atoms with Gasteiger partial charge in [0.15, 0.2) is 6.10 Å². The molecule has 1 amide bonds. The molecule has 1 N–H and O–H groups in total. The Kier molecular flexibility index (Phi) is 4.13. The van der Waals surface area contributed by atoms with E-state index in [1.54, 1.807) is 11.6 Å². The zero-order valence-corrected chi connectivity index (χ0v) is 12.3. The number of hydrogen-bond donors (Lipinski definition) is 1. The van der Waals surface area contributed by atoms with E-state index < -0.39 is 6.10 Å². The molecule has 0 saturated heterocycles. The Hall–Kier alpha value is -2.23. The van der Waals surface area contributed by atoms with Crippen LogP contribution in [0.1, 0.15) is 23.9 Å². The number of carbonyl (C=O) groups is 1. The van der Waals surface area contributed by atoms with Crippen LogP contribution in [0.15, 0.2) is 36.4 Å².